The lowest BCUT2D eigenvalue weighted by atomic mass is 9.91. The Morgan fingerprint density at radius 2 is 1.70 bits per heavy atom. The van der Waals surface area contributed by atoms with Crippen molar-refractivity contribution in [2.45, 2.75) is 31.7 Å². The van der Waals surface area contributed by atoms with Crippen LogP contribution in [0.5, 0.6) is 0 Å². The Balaban J connectivity index is 1.31. The Bertz CT molecular complexity index is 1160. The van der Waals surface area contributed by atoms with Crippen LogP contribution in [0.4, 0.5) is 4.79 Å². The summed E-state index contributed by atoms with van der Waals surface area (Å²) in [7, 11) is 0. The van der Waals surface area contributed by atoms with Gasteiger partial charge in [0.05, 0.1) is 12.1 Å². The highest BCUT2D eigenvalue weighted by Gasteiger charge is 2.42. The van der Waals surface area contributed by atoms with Crippen molar-refractivity contribution in [2.75, 3.05) is 19.7 Å². The fraction of sp³-hybridized carbons (Fsp3) is 0.346. The van der Waals surface area contributed by atoms with Gasteiger partial charge in [-0.25, -0.2) is 4.79 Å². The average Bonchev–Trinajstić information content (AvgIpc) is 3.53. The molecule has 0 spiro atoms. The lowest BCUT2D eigenvalue weighted by molar-refractivity contribution is -0.141. The summed E-state index contributed by atoms with van der Waals surface area (Å²) in [4.78, 5) is 26.4. The van der Waals surface area contributed by atoms with E-state index in [9.17, 15) is 14.7 Å². The summed E-state index contributed by atoms with van der Waals surface area (Å²) in [6.07, 6.45) is 3.12. The van der Waals surface area contributed by atoms with E-state index in [2.05, 4.69) is 29.4 Å². The van der Waals surface area contributed by atoms with Gasteiger partial charge in [-0.05, 0) is 41.7 Å². The largest absolute Gasteiger partial charge is 0.481 e. The van der Waals surface area contributed by atoms with Crippen LogP contribution in [0.15, 0.2) is 60.9 Å². The minimum Gasteiger partial charge on any atom is -0.481 e. The molecular weight excluding hydrogens is 418 g/mol. The highest BCUT2D eigenvalue weighted by Crippen LogP contribution is 2.44. The number of carbonyl (C=O) groups excluding carboxylic acids is 1. The first-order valence-corrected chi connectivity index (χ1v) is 11.3. The van der Waals surface area contributed by atoms with Crippen LogP contribution in [0.2, 0.25) is 0 Å². The van der Waals surface area contributed by atoms with Gasteiger partial charge in [0.2, 0.25) is 0 Å². The molecule has 1 amide bonds. The van der Waals surface area contributed by atoms with Crippen LogP contribution in [0.25, 0.3) is 11.1 Å². The number of ether oxygens (including phenoxy) is 1. The second-order valence-corrected chi connectivity index (χ2v) is 9.11. The molecule has 2 aromatic carbocycles. The van der Waals surface area contributed by atoms with Crippen molar-refractivity contribution in [3.63, 3.8) is 0 Å². The number of hydrogen-bond donors (Lipinski definition) is 1. The van der Waals surface area contributed by atoms with E-state index in [0.29, 0.717) is 6.54 Å². The summed E-state index contributed by atoms with van der Waals surface area (Å²) in [6.45, 7) is 4.68. The third-order valence-corrected chi connectivity index (χ3v) is 6.81. The van der Waals surface area contributed by atoms with Crippen LogP contribution in [0.1, 0.15) is 48.4 Å². The van der Waals surface area contributed by atoms with E-state index >= 15 is 0 Å². The number of amides is 1. The van der Waals surface area contributed by atoms with Gasteiger partial charge in [0.25, 0.3) is 0 Å². The van der Waals surface area contributed by atoms with Gasteiger partial charge in [-0.1, -0.05) is 48.5 Å². The maximum atomic E-state index is 13.0. The fourth-order valence-corrected chi connectivity index (χ4v) is 5.05. The molecule has 7 nitrogen and oxygen atoms in total. The summed E-state index contributed by atoms with van der Waals surface area (Å²) in [5, 5.41) is 14.1. The molecule has 170 valence electrons. The lowest BCUT2D eigenvalue weighted by Gasteiger charge is -2.19. The van der Waals surface area contributed by atoms with E-state index < -0.39 is 18.0 Å². The third-order valence-electron chi connectivity index (χ3n) is 6.81. The number of carbonyl (C=O) groups is 2. The number of rotatable bonds is 5. The predicted octanol–water partition coefficient (Wildman–Crippen LogP) is 4.51. The summed E-state index contributed by atoms with van der Waals surface area (Å²) in [6, 6.07) is 16.6. The first-order valence-electron chi connectivity index (χ1n) is 11.3. The molecule has 1 saturated heterocycles. The zero-order chi connectivity index (χ0) is 23.1. The van der Waals surface area contributed by atoms with E-state index in [1.165, 1.54) is 16.0 Å². The summed E-state index contributed by atoms with van der Waals surface area (Å²) in [5.74, 6) is -1.93. The minimum absolute atomic E-state index is 0.0284. The smallest absolute Gasteiger partial charge is 0.409 e. The third kappa shape index (κ3) is 3.77. The monoisotopic (exact) mass is 445 g/mol. The van der Waals surface area contributed by atoms with Gasteiger partial charge in [-0.3, -0.25) is 9.48 Å². The number of nitrogens with zero attached hydrogens (tertiary/aromatic N) is 3. The molecule has 1 aromatic heterocycles. The van der Waals surface area contributed by atoms with E-state index in [1.54, 1.807) is 6.20 Å². The van der Waals surface area contributed by atoms with Crippen molar-refractivity contribution in [3.8, 4) is 11.1 Å². The molecule has 2 aliphatic rings. The van der Waals surface area contributed by atoms with Gasteiger partial charge >= 0.3 is 12.1 Å². The van der Waals surface area contributed by atoms with Gasteiger partial charge in [-0.15, -0.1) is 0 Å². The lowest BCUT2D eigenvalue weighted by Crippen LogP contribution is -2.31. The molecule has 2 unspecified atom stereocenters. The van der Waals surface area contributed by atoms with Gasteiger partial charge in [0.15, 0.2) is 0 Å². The van der Waals surface area contributed by atoms with Crippen molar-refractivity contribution in [1.29, 1.82) is 0 Å². The first kappa shape index (κ1) is 21.2. The molecule has 1 aliphatic heterocycles. The number of fused-ring (bicyclic) bond motifs is 3. The standard InChI is InChI=1S/C26H27N3O4/c1-16(2)29-12-17(11-27-29)22-13-28(14-23(22)25(30)31)26(32)33-15-24-20-9-5-3-7-18(20)19-8-4-6-10-21(19)24/h3-12,16,22-24H,13-15H2,1-2H3,(H,30,31). The fourth-order valence-electron chi connectivity index (χ4n) is 5.05. The van der Waals surface area contributed by atoms with Gasteiger partial charge < -0.3 is 14.7 Å². The number of aliphatic carboxylic acids is 1. The second-order valence-electron chi connectivity index (χ2n) is 9.11. The number of benzene rings is 2. The Labute approximate surface area is 192 Å². The maximum Gasteiger partial charge on any atom is 0.409 e. The van der Waals surface area contributed by atoms with E-state index in [4.69, 9.17) is 4.74 Å². The molecule has 7 heteroatoms. The van der Waals surface area contributed by atoms with Crippen molar-refractivity contribution in [2.24, 2.45) is 5.92 Å². The zero-order valence-corrected chi connectivity index (χ0v) is 18.7. The van der Waals surface area contributed by atoms with Crippen molar-refractivity contribution in [3.05, 3.63) is 77.6 Å². The van der Waals surface area contributed by atoms with Gasteiger partial charge in [-0.2, -0.15) is 5.10 Å². The molecule has 1 fully saturated rings. The van der Waals surface area contributed by atoms with Crippen LogP contribution in [-0.4, -0.2) is 51.5 Å². The average molecular weight is 446 g/mol. The van der Waals surface area contributed by atoms with Crippen LogP contribution in [0, 0.1) is 5.92 Å². The van der Waals surface area contributed by atoms with Crippen LogP contribution in [0.3, 0.4) is 0 Å². The summed E-state index contributed by atoms with van der Waals surface area (Å²) >= 11 is 0. The maximum absolute atomic E-state index is 13.0. The highest BCUT2D eigenvalue weighted by molar-refractivity contribution is 5.79. The summed E-state index contributed by atoms with van der Waals surface area (Å²) < 4.78 is 7.56. The van der Waals surface area contributed by atoms with Crippen LogP contribution >= 0.6 is 0 Å². The second kappa shape index (κ2) is 8.39. The molecular formula is C26H27N3O4. The number of likely N-dealkylation sites (tertiary alicyclic amines) is 1. The Kier molecular flexibility index (Phi) is 5.40. The predicted molar refractivity (Wildman–Crippen MR) is 123 cm³/mol. The highest BCUT2D eigenvalue weighted by atomic mass is 16.6. The van der Waals surface area contributed by atoms with Crippen molar-refractivity contribution >= 4 is 12.1 Å². The molecule has 0 radical (unpaired) electrons. The zero-order valence-electron chi connectivity index (χ0n) is 18.7. The van der Waals surface area contributed by atoms with Crippen molar-refractivity contribution < 1.29 is 19.4 Å². The molecule has 3 aromatic rings. The molecule has 5 rings (SSSR count). The summed E-state index contributed by atoms with van der Waals surface area (Å²) in [5.41, 5.74) is 5.47. The van der Waals surface area contributed by atoms with Crippen LogP contribution < -0.4 is 0 Å². The molecule has 2 atom stereocenters. The molecule has 33 heavy (non-hydrogen) atoms. The normalized spacial score (nSPS) is 19.5. The molecule has 1 aliphatic carbocycles. The number of carboxylic acids is 1. The topological polar surface area (TPSA) is 84.7 Å². The van der Waals surface area contributed by atoms with Crippen molar-refractivity contribution in [1.82, 2.24) is 14.7 Å². The number of carboxylic acid groups (broad SMARTS) is 1. The Hall–Kier alpha value is -3.61. The number of aromatic nitrogens is 2. The van der Waals surface area contributed by atoms with Gasteiger partial charge in [0.1, 0.15) is 6.61 Å². The quantitative estimate of drug-likeness (QED) is 0.625. The SMILES string of the molecule is CC(C)n1cc(C2CN(C(=O)OCC3c4ccccc4-c4ccccc43)CC2C(=O)O)cn1. The molecule has 2 heterocycles. The minimum atomic E-state index is -0.911. The Morgan fingerprint density at radius 1 is 1.06 bits per heavy atom. The molecule has 0 saturated carbocycles. The number of hydrogen-bond acceptors (Lipinski definition) is 4. The Morgan fingerprint density at radius 3 is 2.27 bits per heavy atom. The van der Waals surface area contributed by atoms with E-state index in [0.717, 1.165) is 16.7 Å². The van der Waals surface area contributed by atoms with E-state index in [1.807, 2.05) is 49.0 Å². The van der Waals surface area contributed by atoms with Gasteiger partial charge in [0, 0.05) is 37.2 Å². The van der Waals surface area contributed by atoms with Crippen LogP contribution in [-0.2, 0) is 9.53 Å². The van der Waals surface area contributed by atoms with E-state index in [-0.39, 0.29) is 31.0 Å². The molecule has 0 bridgehead atoms. The molecule has 1 N–H and O–H groups in total. The first-order chi connectivity index (χ1) is 15.9.